The summed E-state index contributed by atoms with van der Waals surface area (Å²) in [5.41, 5.74) is 4.87. The molecule has 3 atom stereocenters. The van der Waals surface area contributed by atoms with Gasteiger partial charge in [0, 0.05) is 6.54 Å². The zero-order chi connectivity index (χ0) is 21.1. The number of likely N-dealkylation sites (N-methyl/N-ethyl adjacent to an activating group) is 1. The average Bonchev–Trinajstić information content (AvgIpc) is 3.04. The monoisotopic (exact) mass is 394 g/mol. The van der Waals surface area contributed by atoms with Gasteiger partial charge in [0.2, 0.25) is 17.6 Å². The molecular weight excluding hydrogens is 360 g/mol. The van der Waals surface area contributed by atoms with E-state index >= 15 is 0 Å². The van der Waals surface area contributed by atoms with Crippen LogP contribution in [0.25, 0.3) is 0 Å². The van der Waals surface area contributed by atoms with Gasteiger partial charge in [-0.05, 0) is 37.6 Å². The van der Waals surface area contributed by atoms with Crippen LogP contribution in [0.15, 0.2) is 0 Å². The molecule has 0 aromatic heterocycles. The molecule has 1 aliphatic carbocycles. The van der Waals surface area contributed by atoms with Crippen molar-refractivity contribution in [3.05, 3.63) is 0 Å². The highest BCUT2D eigenvalue weighted by atomic mass is 16.2. The molecule has 3 unspecified atom stereocenters. The van der Waals surface area contributed by atoms with E-state index in [2.05, 4.69) is 10.6 Å². The van der Waals surface area contributed by atoms with Gasteiger partial charge < -0.3 is 21.3 Å². The van der Waals surface area contributed by atoms with E-state index in [1.54, 1.807) is 11.9 Å². The van der Waals surface area contributed by atoms with Crippen LogP contribution < -0.4 is 16.4 Å². The van der Waals surface area contributed by atoms with Gasteiger partial charge in [0.05, 0.1) is 12.1 Å². The molecule has 1 saturated heterocycles. The van der Waals surface area contributed by atoms with Gasteiger partial charge in [0.25, 0.3) is 5.91 Å². The lowest BCUT2D eigenvalue weighted by molar-refractivity contribution is -0.143. The summed E-state index contributed by atoms with van der Waals surface area (Å²) < 4.78 is 0. The van der Waals surface area contributed by atoms with E-state index < -0.39 is 29.8 Å². The predicted molar refractivity (Wildman–Crippen MR) is 105 cm³/mol. The van der Waals surface area contributed by atoms with E-state index in [4.69, 9.17) is 5.73 Å². The first kappa shape index (κ1) is 22.3. The second-order valence-electron chi connectivity index (χ2n) is 9.10. The molecule has 158 valence electrons. The van der Waals surface area contributed by atoms with Crippen LogP contribution >= 0.6 is 0 Å². The number of nitrogens with one attached hydrogen (secondary N) is 2. The molecule has 0 aromatic carbocycles. The van der Waals surface area contributed by atoms with Gasteiger partial charge in [-0.3, -0.25) is 19.2 Å². The molecule has 28 heavy (non-hydrogen) atoms. The number of hydrogen-bond acceptors (Lipinski definition) is 5. The second kappa shape index (κ2) is 9.03. The van der Waals surface area contributed by atoms with E-state index in [9.17, 15) is 19.2 Å². The summed E-state index contributed by atoms with van der Waals surface area (Å²) in [6.45, 7) is 6.41. The Balaban J connectivity index is 2.10. The van der Waals surface area contributed by atoms with Crippen LogP contribution in [0.2, 0.25) is 0 Å². The van der Waals surface area contributed by atoms with E-state index in [-0.39, 0.29) is 17.2 Å². The summed E-state index contributed by atoms with van der Waals surface area (Å²) in [6, 6.07) is -1.95. The van der Waals surface area contributed by atoms with Gasteiger partial charge in [-0.15, -0.1) is 0 Å². The van der Waals surface area contributed by atoms with Crippen molar-refractivity contribution in [2.24, 2.45) is 17.1 Å². The second-order valence-corrected chi connectivity index (χ2v) is 9.10. The lowest BCUT2D eigenvalue weighted by Gasteiger charge is -2.35. The lowest BCUT2D eigenvalue weighted by Crippen LogP contribution is -2.57. The first-order chi connectivity index (χ1) is 13.1. The van der Waals surface area contributed by atoms with E-state index in [0.717, 1.165) is 25.7 Å². The molecule has 8 nitrogen and oxygen atoms in total. The van der Waals surface area contributed by atoms with Gasteiger partial charge in [0.1, 0.15) is 6.04 Å². The fraction of sp³-hybridized carbons (Fsp3) is 0.800. The highest BCUT2D eigenvalue weighted by Crippen LogP contribution is 2.31. The van der Waals surface area contributed by atoms with E-state index in [0.29, 0.717) is 25.3 Å². The average molecular weight is 395 g/mol. The fourth-order valence-electron chi connectivity index (χ4n) is 4.13. The molecule has 2 rings (SSSR count). The van der Waals surface area contributed by atoms with Crippen LogP contribution in [0, 0.1) is 11.3 Å². The number of carbonyl (C=O) groups excluding carboxylic acids is 4. The Morgan fingerprint density at radius 1 is 1.11 bits per heavy atom. The molecule has 2 fully saturated rings. The number of hydrogen-bond donors (Lipinski definition) is 3. The first-order valence-corrected chi connectivity index (χ1v) is 10.2. The smallest absolute Gasteiger partial charge is 0.287 e. The molecule has 0 spiro atoms. The van der Waals surface area contributed by atoms with Crippen molar-refractivity contribution in [2.75, 3.05) is 13.6 Å². The van der Waals surface area contributed by atoms with Crippen LogP contribution in [0.4, 0.5) is 0 Å². The summed E-state index contributed by atoms with van der Waals surface area (Å²) in [4.78, 5) is 51.1. The third-order valence-electron chi connectivity index (χ3n) is 5.91. The van der Waals surface area contributed by atoms with Crippen molar-refractivity contribution in [1.29, 1.82) is 0 Å². The maximum absolute atomic E-state index is 13.0. The highest BCUT2D eigenvalue weighted by Gasteiger charge is 2.41. The molecule has 1 aliphatic heterocycles. The topological polar surface area (TPSA) is 122 Å². The summed E-state index contributed by atoms with van der Waals surface area (Å²) in [7, 11) is 1.74. The summed E-state index contributed by atoms with van der Waals surface area (Å²) >= 11 is 0. The third kappa shape index (κ3) is 5.10. The minimum absolute atomic E-state index is 0.121. The highest BCUT2D eigenvalue weighted by molar-refractivity contribution is 6.37. The van der Waals surface area contributed by atoms with Gasteiger partial charge in [0.15, 0.2) is 0 Å². The van der Waals surface area contributed by atoms with Gasteiger partial charge in [-0.2, -0.15) is 0 Å². The zero-order valence-electron chi connectivity index (χ0n) is 17.4. The molecule has 1 heterocycles. The quantitative estimate of drug-likeness (QED) is 0.513. The molecule has 0 radical (unpaired) electrons. The van der Waals surface area contributed by atoms with E-state index in [1.807, 2.05) is 20.8 Å². The van der Waals surface area contributed by atoms with Crippen LogP contribution in [-0.2, 0) is 19.2 Å². The standard InChI is InChI=1S/C20H34N4O4/c1-20(2,3)16(22-4)19(28)24-10-6-9-14(24)18(27)23-13(15(25)17(21)26)11-12-7-5-8-12/h12-14,16,22H,5-11H2,1-4H3,(H2,21,26)(H,23,27). The molecule has 4 N–H and O–H groups in total. The maximum atomic E-state index is 13.0. The summed E-state index contributed by atoms with van der Waals surface area (Å²) in [6.07, 6.45) is 4.76. The molecular formula is C20H34N4O4. The summed E-state index contributed by atoms with van der Waals surface area (Å²) in [5.74, 6) is -1.98. The maximum Gasteiger partial charge on any atom is 0.287 e. The van der Waals surface area contributed by atoms with Crippen molar-refractivity contribution in [3.63, 3.8) is 0 Å². The van der Waals surface area contributed by atoms with Gasteiger partial charge in [-0.25, -0.2) is 0 Å². The zero-order valence-corrected chi connectivity index (χ0v) is 17.4. The minimum atomic E-state index is -1.04. The Labute approximate surface area is 167 Å². The normalized spacial score (nSPS) is 22.3. The van der Waals surface area contributed by atoms with Gasteiger partial charge >= 0.3 is 0 Å². The van der Waals surface area contributed by atoms with Crippen LogP contribution in [0.5, 0.6) is 0 Å². The van der Waals surface area contributed by atoms with Crippen molar-refractivity contribution in [2.45, 2.75) is 77.4 Å². The number of Topliss-reactive ketones (excluding diaryl/α,β-unsaturated/α-hetero) is 1. The predicted octanol–water partition coefficient (Wildman–Crippen LogP) is 0.341. The molecule has 2 aliphatic rings. The summed E-state index contributed by atoms with van der Waals surface area (Å²) in [5, 5.41) is 5.77. The third-order valence-corrected chi connectivity index (χ3v) is 5.91. The Kier molecular flexibility index (Phi) is 7.20. The molecule has 8 heteroatoms. The van der Waals surface area contributed by atoms with Crippen LogP contribution in [0.3, 0.4) is 0 Å². The number of nitrogens with two attached hydrogens (primary N) is 1. The van der Waals surface area contributed by atoms with Gasteiger partial charge in [-0.1, -0.05) is 40.0 Å². The lowest BCUT2D eigenvalue weighted by atomic mass is 9.80. The Morgan fingerprint density at radius 3 is 2.21 bits per heavy atom. The Bertz CT molecular complexity index is 624. The van der Waals surface area contributed by atoms with E-state index in [1.165, 1.54) is 0 Å². The van der Waals surface area contributed by atoms with Crippen molar-refractivity contribution in [1.82, 2.24) is 15.5 Å². The number of likely N-dealkylation sites (tertiary alicyclic amines) is 1. The minimum Gasteiger partial charge on any atom is -0.363 e. The largest absolute Gasteiger partial charge is 0.363 e. The number of rotatable bonds is 8. The molecule has 0 aromatic rings. The number of nitrogens with zero attached hydrogens (tertiary/aromatic N) is 1. The number of amides is 3. The molecule has 0 bridgehead atoms. The SMILES string of the molecule is CNC(C(=O)N1CCCC1C(=O)NC(CC1CCC1)C(=O)C(N)=O)C(C)(C)C. The fourth-order valence-corrected chi connectivity index (χ4v) is 4.13. The molecule has 3 amide bonds. The van der Waals surface area contributed by atoms with Crippen LogP contribution in [0.1, 0.15) is 59.3 Å². The van der Waals surface area contributed by atoms with Crippen molar-refractivity contribution in [3.8, 4) is 0 Å². The number of primary amides is 1. The molecule has 1 saturated carbocycles. The number of carbonyl (C=O) groups is 4. The van der Waals surface area contributed by atoms with Crippen molar-refractivity contribution < 1.29 is 19.2 Å². The first-order valence-electron chi connectivity index (χ1n) is 10.2. The Morgan fingerprint density at radius 2 is 1.75 bits per heavy atom. The Hall–Kier alpha value is -1.96. The number of ketones is 1. The van der Waals surface area contributed by atoms with Crippen LogP contribution in [-0.4, -0.2) is 60.1 Å². The van der Waals surface area contributed by atoms with Crippen molar-refractivity contribution >= 4 is 23.5 Å².